The average molecular weight is 257 g/mol. The zero-order chi connectivity index (χ0) is 13.1. The van der Waals surface area contributed by atoms with Gasteiger partial charge in [-0.2, -0.15) is 5.10 Å². The molecule has 0 saturated heterocycles. The van der Waals surface area contributed by atoms with Crippen molar-refractivity contribution in [1.82, 2.24) is 15.5 Å². The van der Waals surface area contributed by atoms with Gasteiger partial charge in [0.05, 0.1) is 6.20 Å². The number of H-pyrrole nitrogens is 1. The van der Waals surface area contributed by atoms with E-state index >= 15 is 0 Å². The predicted molar refractivity (Wildman–Crippen MR) is 74.6 cm³/mol. The minimum atomic E-state index is 0.575. The Hall–Kier alpha value is -1.81. The van der Waals surface area contributed by atoms with E-state index in [0.717, 1.165) is 35.7 Å². The summed E-state index contributed by atoms with van der Waals surface area (Å²) in [5, 5.41) is 10.7. The SMILES string of the molecule is Cc1ccc(-c2[nH]ncc2CNC2CC=CCC2)o1. The number of nitrogens with one attached hydrogen (secondary N) is 2. The maximum atomic E-state index is 5.65. The molecule has 4 heteroatoms. The average Bonchev–Trinajstić information content (AvgIpc) is 3.06. The zero-order valence-corrected chi connectivity index (χ0v) is 11.1. The molecule has 0 spiro atoms. The van der Waals surface area contributed by atoms with Crippen LogP contribution in [0.15, 0.2) is 34.9 Å². The van der Waals surface area contributed by atoms with Gasteiger partial charge in [0.25, 0.3) is 0 Å². The van der Waals surface area contributed by atoms with Gasteiger partial charge < -0.3 is 9.73 Å². The van der Waals surface area contributed by atoms with E-state index in [-0.39, 0.29) is 0 Å². The van der Waals surface area contributed by atoms with Gasteiger partial charge in [-0.25, -0.2) is 0 Å². The Kier molecular flexibility index (Phi) is 3.51. The van der Waals surface area contributed by atoms with Gasteiger partial charge in [-0.1, -0.05) is 12.2 Å². The number of nitrogens with zero attached hydrogens (tertiary/aromatic N) is 1. The first-order chi connectivity index (χ1) is 9.33. The van der Waals surface area contributed by atoms with E-state index < -0.39 is 0 Å². The maximum absolute atomic E-state index is 5.65. The summed E-state index contributed by atoms with van der Waals surface area (Å²) in [6, 6.07) is 4.53. The number of furan rings is 1. The van der Waals surface area contributed by atoms with Crippen LogP contribution in [0.1, 0.15) is 30.6 Å². The molecule has 19 heavy (non-hydrogen) atoms. The standard InChI is InChI=1S/C15H19N3O/c1-11-7-8-14(19-11)15-12(10-17-18-15)9-16-13-5-3-2-4-6-13/h2-3,7-8,10,13,16H,4-6,9H2,1H3,(H,17,18). The van der Waals surface area contributed by atoms with Crippen LogP contribution in [0.4, 0.5) is 0 Å². The first kappa shape index (κ1) is 12.2. The molecule has 1 atom stereocenters. The number of aryl methyl sites for hydroxylation is 1. The molecule has 0 bridgehead atoms. The molecule has 0 radical (unpaired) electrons. The fraction of sp³-hybridized carbons (Fsp3) is 0.400. The number of rotatable bonds is 4. The summed E-state index contributed by atoms with van der Waals surface area (Å²) in [5.74, 6) is 1.77. The van der Waals surface area contributed by atoms with Gasteiger partial charge in [0.1, 0.15) is 11.5 Å². The lowest BCUT2D eigenvalue weighted by Crippen LogP contribution is -2.29. The fourth-order valence-corrected chi connectivity index (χ4v) is 2.46. The van der Waals surface area contributed by atoms with Gasteiger partial charge in [-0.05, 0) is 38.3 Å². The highest BCUT2D eigenvalue weighted by Gasteiger charge is 2.13. The Morgan fingerprint density at radius 2 is 2.37 bits per heavy atom. The van der Waals surface area contributed by atoms with E-state index in [1.807, 2.05) is 25.3 Å². The minimum Gasteiger partial charge on any atom is -0.460 e. The van der Waals surface area contributed by atoms with Crippen LogP contribution in [0.5, 0.6) is 0 Å². The Labute approximate surface area is 112 Å². The van der Waals surface area contributed by atoms with Crippen molar-refractivity contribution in [3.8, 4) is 11.5 Å². The highest BCUT2D eigenvalue weighted by atomic mass is 16.3. The number of hydrogen-bond donors (Lipinski definition) is 2. The smallest absolute Gasteiger partial charge is 0.152 e. The van der Waals surface area contributed by atoms with Crippen LogP contribution in [-0.4, -0.2) is 16.2 Å². The molecule has 0 amide bonds. The van der Waals surface area contributed by atoms with Gasteiger partial charge in [-0.3, -0.25) is 5.10 Å². The van der Waals surface area contributed by atoms with E-state index in [1.54, 1.807) is 0 Å². The van der Waals surface area contributed by atoms with Crippen molar-refractivity contribution in [2.45, 2.75) is 38.8 Å². The zero-order valence-electron chi connectivity index (χ0n) is 11.1. The van der Waals surface area contributed by atoms with Gasteiger partial charge in [0, 0.05) is 18.2 Å². The van der Waals surface area contributed by atoms with Gasteiger partial charge in [0.2, 0.25) is 0 Å². The summed E-state index contributed by atoms with van der Waals surface area (Å²) in [6.07, 6.45) is 9.89. The molecule has 2 N–H and O–H groups in total. The van der Waals surface area contributed by atoms with Gasteiger partial charge in [0.15, 0.2) is 5.76 Å². The third-order valence-electron chi connectivity index (χ3n) is 3.55. The summed E-state index contributed by atoms with van der Waals surface area (Å²) in [4.78, 5) is 0. The summed E-state index contributed by atoms with van der Waals surface area (Å²) in [7, 11) is 0. The van der Waals surface area contributed by atoms with Crippen molar-refractivity contribution >= 4 is 0 Å². The number of allylic oxidation sites excluding steroid dienone is 1. The molecule has 100 valence electrons. The van der Waals surface area contributed by atoms with Crippen LogP contribution in [0.25, 0.3) is 11.5 Å². The number of aromatic nitrogens is 2. The summed E-state index contributed by atoms with van der Waals surface area (Å²) in [5.41, 5.74) is 2.14. The third kappa shape index (κ3) is 2.79. The summed E-state index contributed by atoms with van der Waals surface area (Å²) >= 11 is 0. The van der Waals surface area contributed by atoms with E-state index in [9.17, 15) is 0 Å². The van der Waals surface area contributed by atoms with Crippen molar-refractivity contribution in [3.05, 3.63) is 41.8 Å². The lowest BCUT2D eigenvalue weighted by atomic mass is 10.0. The number of hydrogen-bond acceptors (Lipinski definition) is 3. The second-order valence-electron chi connectivity index (χ2n) is 5.04. The van der Waals surface area contributed by atoms with Crippen LogP contribution in [0.2, 0.25) is 0 Å². The van der Waals surface area contributed by atoms with E-state index in [0.29, 0.717) is 6.04 Å². The Morgan fingerprint density at radius 3 is 3.11 bits per heavy atom. The molecule has 1 aliphatic carbocycles. The molecule has 0 fully saturated rings. The predicted octanol–water partition coefficient (Wildman–Crippen LogP) is 3.18. The molecule has 2 heterocycles. The first-order valence-corrected chi connectivity index (χ1v) is 6.80. The summed E-state index contributed by atoms with van der Waals surface area (Å²) < 4.78 is 5.65. The second-order valence-corrected chi connectivity index (χ2v) is 5.04. The van der Waals surface area contributed by atoms with E-state index in [2.05, 4.69) is 27.7 Å². The normalized spacial score (nSPS) is 18.9. The Bertz CT molecular complexity index is 567. The highest BCUT2D eigenvalue weighted by molar-refractivity contribution is 5.56. The molecule has 2 aromatic rings. The van der Waals surface area contributed by atoms with Crippen molar-refractivity contribution in [2.75, 3.05) is 0 Å². The molecule has 4 nitrogen and oxygen atoms in total. The van der Waals surface area contributed by atoms with Crippen molar-refractivity contribution in [1.29, 1.82) is 0 Å². The topological polar surface area (TPSA) is 53.9 Å². The second kappa shape index (κ2) is 5.45. The van der Waals surface area contributed by atoms with Gasteiger partial charge >= 0.3 is 0 Å². The Balaban J connectivity index is 1.68. The monoisotopic (exact) mass is 257 g/mol. The maximum Gasteiger partial charge on any atom is 0.152 e. The molecular formula is C15H19N3O. The Morgan fingerprint density at radius 1 is 1.42 bits per heavy atom. The van der Waals surface area contributed by atoms with Crippen molar-refractivity contribution in [2.24, 2.45) is 0 Å². The quantitative estimate of drug-likeness (QED) is 0.827. The van der Waals surface area contributed by atoms with E-state index in [1.165, 1.54) is 12.8 Å². The molecule has 0 aromatic carbocycles. The van der Waals surface area contributed by atoms with Crippen molar-refractivity contribution < 1.29 is 4.42 Å². The van der Waals surface area contributed by atoms with Crippen LogP contribution < -0.4 is 5.32 Å². The highest BCUT2D eigenvalue weighted by Crippen LogP contribution is 2.23. The molecular weight excluding hydrogens is 238 g/mol. The fourth-order valence-electron chi connectivity index (χ4n) is 2.46. The largest absolute Gasteiger partial charge is 0.460 e. The molecule has 0 aliphatic heterocycles. The first-order valence-electron chi connectivity index (χ1n) is 6.80. The van der Waals surface area contributed by atoms with Crippen LogP contribution in [0, 0.1) is 6.92 Å². The van der Waals surface area contributed by atoms with Crippen LogP contribution in [-0.2, 0) is 6.54 Å². The lowest BCUT2D eigenvalue weighted by Gasteiger charge is -2.19. The molecule has 1 aliphatic rings. The lowest BCUT2D eigenvalue weighted by molar-refractivity contribution is 0.474. The molecule has 1 unspecified atom stereocenters. The molecule has 0 saturated carbocycles. The summed E-state index contributed by atoms with van der Waals surface area (Å²) in [6.45, 7) is 2.77. The van der Waals surface area contributed by atoms with Crippen molar-refractivity contribution in [3.63, 3.8) is 0 Å². The van der Waals surface area contributed by atoms with Gasteiger partial charge in [-0.15, -0.1) is 0 Å². The van der Waals surface area contributed by atoms with E-state index in [4.69, 9.17) is 4.42 Å². The molecule has 3 rings (SSSR count). The van der Waals surface area contributed by atoms with Crippen LogP contribution >= 0.6 is 0 Å². The number of aromatic amines is 1. The molecule has 2 aromatic heterocycles. The third-order valence-corrected chi connectivity index (χ3v) is 3.55. The van der Waals surface area contributed by atoms with Crippen LogP contribution in [0.3, 0.4) is 0 Å². The minimum absolute atomic E-state index is 0.575.